The predicted molar refractivity (Wildman–Crippen MR) is 76.0 cm³/mol. The maximum absolute atomic E-state index is 11.7. The van der Waals surface area contributed by atoms with E-state index in [1.165, 1.54) is 18.4 Å². The first-order valence-corrected chi connectivity index (χ1v) is 7.01. The van der Waals surface area contributed by atoms with Gasteiger partial charge in [-0.1, -0.05) is 0 Å². The van der Waals surface area contributed by atoms with E-state index in [-0.39, 0.29) is 11.7 Å². The number of thiazole rings is 1. The van der Waals surface area contributed by atoms with Crippen LogP contribution in [0.1, 0.15) is 54.1 Å². The number of ether oxygens (including phenoxy) is 2. The van der Waals surface area contributed by atoms with Gasteiger partial charge in [-0.05, 0) is 34.6 Å². The second kappa shape index (κ2) is 6.21. The first kappa shape index (κ1) is 16.4. The van der Waals surface area contributed by atoms with Crippen LogP contribution in [0, 0.1) is 6.92 Å². The van der Waals surface area contributed by atoms with Crippen LogP contribution >= 0.6 is 11.3 Å². The van der Waals surface area contributed by atoms with E-state index < -0.39 is 17.7 Å². The van der Waals surface area contributed by atoms with Gasteiger partial charge in [0.05, 0.1) is 13.2 Å². The van der Waals surface area contributed by atoms with E-state index in [0.29, 0.717) is 5.01 Å². The van der Waals surface area contributed by atoms with Crippen molar-refractivity contribution in [2.24, 2.45) is 0 Å². The minimum Gasteiger partial charge on any atom is -0.464 e. The summed E-state index contributed by atoms with van der Waals surface area (Å²) < 4.78 is 9.82. The number of esters is 1. The normalized spacial score (nSPS) is 12.7. The summed E-state index contributed by atoms with van der Waals surface area (Å²) >= 11 is 1.34. The molecule has 20 heavy (non-hydrogen) atoms. The highest BCUT2D eigenvalue weighted by Crippen LogP contribution is 2.24. The van der Waals surface area contributed by atoms with Crippen molar-refractivity contribution in [3.05, 3.63) is 15.6 Å². The molecule has 1 atom stereocenters. The number of carbonyl (C=O) groups is 2. The molecule has 1 heterocycles. The predicted octanol–water partition coefficient (Wildman–Crippen LogP) is 2.82. The Kier molecular flexibility index (Phi) is 5.10. The Morgan fingerprint density at radius 3 is 2.45 bits per heavy atom. The van der Waals surface area contributed by atoms with Crippen LogP contribution in [0.5, 0.6) is 0 Å². The van der Waals surface area contributed by atoms with Crippen LogP contribution in [0.4, 0.5) is 4.79 Å². The Balaban J connectivity index is 2.76. The summed E-state index contributed by atoms with van der Waals surface area (Å²) in [4.78, 5) is 28.1. The highest BCUT2D eigenvalue weighted by atomic mass is 32.1. The van der Waals surface area contributed by atoms with Crippen molar-refractivity contribution in [2.45, 2.75) is 46.3 Å². The van der Waals surface area contributed by atoms with Gasteiger partial charge in [0.2, 0.25) is 0 Å². The standard InChI is InChI=1S/C13H20N2O4S/c1-7(14-12(17)19-13(3,4)5)10-15-9(8(2)20-10)11(16)18-6/h7H,1-6H3,(H,14,17). The van der Waals surface area contributed by atoms with Crippen LogP contribution in [0.3, 0.4) is 0 Å². The minimum atomic E-state index is -0.556. The quantitative estimate of drug-likeness (QED) is 0.868. The molecule has 0 aliphatic carbocycles. The number of methoxy groups -OCH3 is 1. The Bertz CT molecular complexity index is 505. The van der Waals surface area contributed by atoms with E-state index in [4.69, 9.17) is 4.74 Å². The van der Waals surface area contributed by atoms with Gasteiger partial charge in [0.15, 0.2) is 5.69 Å². The lowest BCUT2D eigenvalue weighted by atomic mass is 10.2. The maximum Gasteiger partial charge on any atom is 0.408 e. The second-order valence-electron chi connectivity index (χ2n) is 5.32. The lowest BCUT2D eigenvalue weighted by Gasteiger charge is -2.21. The molecule has 1 unspecified atom stereocenters. The third kappa shape index (κ3) is 4.48. The zero-order valence-electron chi connectivity index (χ0n) is 12.6. The van der Waals surface area contributed by atoms with Gasteiger partial charge in [-0.25, -0.2) is 14.6 Å². The molecule has 7 heteroatoms. The summed E-state index contributed by atoms with van der Waals surface area (Å²) in [6.07, 6.45) is -0.516. The fourth-order valence-electron chi connectivity index (χ4n) is 1.43. The summed E-state index contributed by atoms with van der Waals surface area (Å²) in [6, 6.07) is -0.341. The Labute approximate surface area is 122 Å². The minimum absolute atomic E-state index is 0.283. The summed E-state index contributed by atoms with van der Waals surface area (Å²) in [5.74, 6) is -0.477. The van der Waals surface area contributed by atoms with Crippen LogP contribution in [-0.2, 0) is 9.47 Å². The number of aryl methyl sites for hydroxylation is 1. The summed E-state index contributed by atoms with van der Waals surface area (Å²) in [6.45, 7) is 8.94. The third-order valence-corrected chi connectivity index (χ3v) is 3.45. The first-order chi connectivity index (χ1) is 9.14. The van der Waals surface area contributed by atoms with Gasteiger partial charge in [-0.15, -0.1) is 11.3 Å². The molecule has 0 radical (unpaired) electrons. The Morgan fingerprint density at radius 2 is 1.95 bits per heavy atom. The van der Waals surface area contributed by atoms with Gasteiger partial charge in [0.1, 0.15) is 10.6 Å². The van der Waals surface area contributed by atoms with E-state index in [1.807, 2.05) is 0 Å². The molecule has 0 aromatic carbocycles. The summed E-state index contributed by atoms with van der Waals surface area (Å²) in [5, 5.41) is 3.32. The van der Waals surface area contributed by atoms with E-state index in [9.17, 15) is 9.59 Å². The molecule has 0 saturated carbocycles. The molecular weight excluding hydrogens is 280 g/mol. The molecule has 6 nitrogen and oxygen atoms in total. The zero-order chi connectivity index (χ0) is 15.5. The molecule has 1 aromatic heterocycles. The van der Waals surface area contributed by atoms with Gasteiger partial charge < -0.3 is 14.8 Å². The molecule has 1 amide bonds. The van der Waals surface area contributed by atoms with Crippen molar-refractivity contribution < 1.29 is 19.1 Å². The first-order valence-electron chi connectivity index (χ1n) is 6.19. The van der Waals surface area contributed by atoms with Crippen molar-refractivity contribution >= 4 is 23.4 Å². The molecule has 0 fully saturated rings. The Morgan fingerprint density at radius 1 is 1.35 bits per heavy atom. The number of aromatic nitrogens is 1. The van der Waals surface area contributed by atoms with Gasteiger partial charge in [-0.3, -0.25) is 0 Å². The SMILES string of the molecule is COC(=O)c1nc(C(C)NC(=O)OC(C)(C)C)sc1C. The number of nitrogens with zero attached hydrogens (tertiary/aromatic N) is 1. The highest BCUT2D eigenvalue weighted by Gasteiger charge is 2.22. The van der Waals surface area contributed by atoms with Gasteiger partial charge in [-0.2, -0.15) is 0 Å². The topological polar surface area (TPSA) is 77.5 Å². The van der Waals surface area contributed by atoms with Crippen LogP contribution in [0.15, 0.2) is 0 Å². The number of alkyl carbamates (subject to hydrolysis) is 1. The molecule has 1 rings (SSSR count). The number of amides is 1. The van der Waals surface area contributed by atoms with E-state index in [2.05, 4.69) is 15.0 Å². The lowest BCUT2D eigenvalue weighted by molar-refractivity contribution is 0.0507. The summed E-state index contributed by atoms with van der Waals surface area (Å²) in [5.41, 5.74) is -0.273. The number of rotatable bonds is 3. The van der Waals surface area contributed by atoms with Crippen molar-refractivity contribution in [2.75, 3.05) is 7.11 Å². The molecule has 1 N–H and O–H groups in total. The van der Waals surface area contributed by atoms with Crippen LogP contribution in [0.2, 0.25) is 0 Å². The largest absolute Gasteiger partial charge is 0.464 e. The average Bonchev–Trinajstić information content (AvgIpc) is 2.67. The second-order valence-corrected chi connectivity index (χ2v) is 6.55. The zero-order valence-corrected chi connectivity index (χ0v) is 13.4. The van der Waals surface area contributed by atoms with Crippen molar-refractivity contribution in [3.8, 4) is 0 Å². The van der Waals surface area contributed by atoms with Crippen LogP contribution in [-0.4, -0.2) is 29.8 Å². The van der Waals surface area contributed by atoms with E-state index in [1.54, 1.807) is 34.6 Å². The number of nitrogens with one attached hydrogen (secondary N) is 1. The summed E-state index contributed by atoms with van der Waals surface area (Å²) in [7, 11) is 1.31. The Hall–Kier alpha value is -1.63. The fourth-order valence-corrected chi connectivity index (χ4v) is 2.35. The fraction of sp³-hybridized carbons (Fsp3) is 0.615. The molecule has 0 bridgehead atoms. The molecule has 0 spiro atoms. The molecule has 0 aliphatic rings. The number of carbonyl (C=O) groups excluding carboxylic acids is 2. The highest BCUT2D eigenvalue weighted by molar-refractivity contribution is 7.11. The smallest absolute Gasteiger partial charge is 0.408 e. The van der Waals surface area contributed by atoms with Crippen LogP contribution in [0.25, 0.3) is 0 Å². The average molecular weight is 300 g/mol. The van der Waals surface area contributed by atoms with E-state index in [0.717, 1.165) is 4.88 Å². The van der Waals surface area contributed by atoms with Gasteiger partial charge in [0.25, 0.3) is 0 Å². The molecule has 0 aliphatic heterocycles. The lowest BCUT2D eigenvalue weighted by Crippen LogP contribution is -2.34. The number of hydrogen-bond donors (Lipinski definition) is 1. The van der Waals surface area contributed by atoms with Crippen molar-refractivity contribution in [1.82, 2.24) is 10.3 Å². The number of hydrogen-bond acceptors (Lipinski definition) is 6. The maximum atomic E-state index is 11.7. The monoisotopic (exact) mass is 300 g/mol. The van der Waals surface area contributed by atoms with Crippen LogP contribution < -0.4 is 5.32 Å². The molecular formula is C13H20N2O4S. The van der Waals surface area contributed by atoms with E-state index >= 15 is 0 Å². The third-order valence-electron chi connectivity index (χ3n) is 2.30. The molecule has 1 aromatic rings. The van der Waals surface area contributed by atoms with Crippen molar-refractivity contribution in [1.29, 1.82) is 0 Å². The molecule has 112 valence electrons. The van der Waals surface area contributed by atoms with Crippen molar-refractivity contribution in [3.63, 3.8) is 0 Å². The van der Waals surface area contributed by atoms with Gasteiger partial charge >= 0.3 is 12.1 Å². The van der Waals surface area contributed by atoms with Gasteiger partial charge in [0, 0.05) is 4.88 Å². The molecule has 0 saturated heterocycles.